The van der Waals surface area contributed by atoms with Crippen molar-refractivity contribution in [2.75, 3.05) is 18.0 Å². The van der Waals surface area contributed by atoms with Gasteiger partial charge in [-0.2, -0.15) is 0 Å². The summed E-state index contributed by atoms with van der Waals surface area (Å²) in [6.07, 6.45) is 1.22. The molecular weight excluding hydrogens is 232 g/mol. The Morgan fingerprint density at radius 1 is 1.26 bits per heavy atom. The smallest absolute Gasteiger partial charge is 0.0433 e. The minimum Gasteiger partial charge on any atom is -0.367 e. The van der Waals surface area contributed by atoms with Gasteiger partial charge in [0.1, 0.15) is 0 Å². The second-order valence-corrected chi connectivity index (χ2v) is 6.31. The first-order valence-electron chi connectivity index (χ1n) is 7.60. The van der Waals surface area contributed by atoms with Gasteiger partial charge in [-0.25, -0.2) is 0 Å². The van der Waals surface area contributed by atoms with Crippen LogP contribution < -0.4 is 10.2 Å². The largest absolute Gasteiger partial charge is 0.367 e. The topological polar surface area (TPSA) is 15.3 Å². The predicted octanol–water partition coefficient (Wildman–Crippen LogP) is 3.70. The minimum absolute atomic E-state index is 0.559. The summed E-state index contributed by atoms with van der Waals surface area (Å²) in [7, 11) is 0. The lowest BCUT2D eigenvalue weighted by molar-refractivity contribution is 0.548. The first-order chi connectivity index (χ1) is 9.00. The fourth-order valence-corrected chi connectivity index (χ4v) is 3.01. The van der Waals surface area contributed by atoms with Crippen LogP contribution in [0.5, 0.6) is 0 Å². The van der Waals surface area contributed by atoms with Gasteiger partial charge in [-0.3, -0.25) is 0 Å². The molecule has 0 bridgehead atoms. The molecule has 2 heteroatoms. The van der Waals surface area contributed by atoms with Crippen LogP contribution in [0.4, 0.5) is 5.69 Å². The molecule has 106 valence electrons. The van der Waals surface area contributed by atoms with Crippen molar-refractivity contribution in [2.45, 2.75) is 59.0 Å². The molecule has 0 aliphatic carbocycles. The van der Waals surface area contributed by atoms with Gasteiger partial charge in [-0.05, 0) is 44.2 Å². The zero-order valence-corrected chi connectivity index (χ0v) is 13.0. The average Bonchev–Trinajstić information content (AvgIpc) is 2.52. The van der Waals surface area contributed by atoms with Gasteiger partial charge < -0.3 is 10.2 Å². The van der Waals surface area contributed by atoms with Crippen LogP contribution in [0.25, 0.3) is 0 Å². The molecule has 2 atom stereocenters. The normalized spacial score (nSPS) is 24.6. The van der Waals surface area contributed by atoms with Crippen molar-refractivity contribution in [3.63, 3.8) is 0 Å². The number of nitrogens with one attached hydrogen (secondary N) is 1. The Bertz CT molecular complexity index is 425. The van der Waals surface area contributed by atoms with Gasteiger partial charge in [0, 0.05) is 30.9 Å². The predicted molar refractivity (Wildman–Crippen MR) is 84.2 cm³/mol. The molecule has 1 aliphatic rings. The van der Waals surface area contributed by atoms with Crippen molar-refractivity contribution in [1.82, 2.24) is 5.32 Å². The highest BCUT2D eigenvalue weighted by Gasteiger charge is 2.23. The molecule has 1 fully saturated rings. The van der Waals surface area contributed by atoms with Crippen molar-refractivity contribution in [3.8, 4) is 0 Å². The number of rotatable bonds is 2. The van der Waals surface area contributed by atoms with Gasteiger partial charge in [-0.1, -0.05) is 32.0 Å². The van der Waals surface area contributed by atoms with Crippen molar-refractivity contribution in [2.24, 2.45) is 0 Å². The standard InChI is InChI=1S/C17H28N2/c1-12(2)16-8-6-7-13(3)17(16)19-10-9-14(4)18-11-15(19)5/h6-8,12,14-15,18H,9-11H2,1-5H3. The number of hydrogen-bond donors (Lipinski definition) is 1. The van der Waals surface area contributed by atoms with Crippen molar-refractivity contribution < 1.29 is 0 Å². The fraction of sp³-hybridized carbons (Fsp3) is 0.647. The molecule has 1 heterocycles. The summed E-state index contributed by atoms with van der Waals surface area (Å²) in [6, 6.07) is 7.91. The van der Waals surface area contributed by atoms with E-state index in [0.717, 1.165) is 13.1 Å². The van der Waals surface area contributed by atoms with Crippen molar-refractivity contribution in [3.05, 3.63) is 29.3 Å². The SMILES string of the molecule is Cc1cccc(C(C)C)c1N1CCC(C)NCC1C. The highest BCUT2D eigenvalue weighted by molar-refractivity contribution is 5.61. The van der Waals surface area contributed by atoms with Gasteiger partial charge in [0.2, 0.25) is 0 Å². The lowest BCUT2D eigenvalue weighted by Gasteiger charge is -2.33. The van der Waals surface area contributed by atoms with Crippen LogP contribution >= 0.6 is 0 Å². The highest BCUT2D eigenvalue weighted by atomic mass is 15.2. The minimum atomic E-state index is 0.559. The van der Waals surface area contributed by atoms with Gasteiger partial charge >= 0.3 is 0 Å². The number of aryl methyl sites for hydroxylation is 1. The third-order valence-corrected chi connectivity index (χ3v) is 4.27. The summed E-state index contributed by atoms with van der Waals surface area (Å²) in [5.74, 6) is 0.579. The second kappa shape index (κ2) is 5.96. The molecule has 2 unspecified atom stereocenters. The maximum absolute atomic E-state index is 3.62. The number of para-hydroxylation sites is 1. The monoisotopic (exact) mass is 260 g/mol. The lowest BCUT2D eigenvalue weighted by Crippen LogP contribution is -2.39. The molecule has 0 amide bonds. The summed E-state index contributed by atoms with van der Waals surface area (Å²) < 4.78 is 0. The van der Waals surface area contributed by atoms with E-state index < -0.39 is 0 Å². The molecule has 1 aliphatic heterocycles. The van der Waals surface area contributed by atoms with E-state index in [1.165, 1.54) is 23.2 Å². The van der Waals surface area contributed by atoms with Gasteiger partial charge in [0.25, 0.3) is 0 Å². The zero-order chi connectivity index (χ0) is 14.0. The van der Waals surface area contributed by atoms with E-state index in [2.05, 4.69) is 63.0 Å². The number of hydrogen-bond acceptors (Lipinski definition) is 2. The molecule has 0 aromatic heterocycles. The van der Waals surface area contributed by atoms with Crippen LogP contribution in [0.2, 0.25) is 0 Å². The van der Waals surface area contributed by atoms with E-state index >= 15 is 0 Å². The molecule has 1 aromatic rings. The molecule has 2 nitrogen and oxygen atoms in total. The molecule has 19 heavy (non-hydrogen) atoms. The van der Waals surface area contributed by atoms with Gasteiger partial charge in [-0.15, -0.1) is 0 Å². The number of benzene rings is 1. The molecule has 0 spiro atoms. The molecule has 1 aromatic carbocycles. The number of nitrogens with zero attached hydrogens (tertiary/aromatic N) is 1. The van der Waals surface area contributed by atoms with E-state index in [1.54, 1.807) is 0 Å². The summed E-state index contributed by atoms with van der Waals surface area (Å²) in [5, 5.41) is 3.62. The van der Waals surface area contributed by atoms with Crippen molar-refractivity contribution in [1.29, 1.82) is 0 Å². The Kier molecular flexibility index (Phi) is 4.51. The first kappa shape index (κ1) is 14.4. The Hall–Kier alpha value is -1.02. The van der Waals surface area contributed by atoms with Crippen molar-refractivity contribution >= 4 is 5.69 Å². The van der Waals surface area contributed by atoms with Gasteiger partial charge in [0.05, 0.1) is 0 Å². The molecule has 2 rings (SSSR count). The Morgan fingerprint density at radius 3 is 2.68 bits per heavy atom. The van der Waals surface area contributed by atoms with E-state index in [0.29, 0.717) is 18.0 Å². The quantitative estimate of drug-likeness (QED) is 0.872. The summed E-state index contributed by atoms with van der Waals surface area (Å²) in [5.41, 5.74) is 4.37. The molecule has 0 saturated carbocycles. The molecular formula is C17H28N2. The zero-order valence-electron chi connectivity index (χ0n) is 13.0. The summed E-state index contributed by atoms with van der Waals surface area (Å²) in [4.78, 5) is 2.61. The second-order valence-electron chi connectivity index (χ2n) is 6.31. The summed E-state index contributed by atoms with van der Waals surface area (Å²) >= 11 is 0. The van der Waals surface area contributed by atoms with E-state index in [4.69, 9.17) is 0 Å². The third-order valence-electron chi connectivity index (χ3n) is 4.27. The Balaban J connectivity index is 2.39. The van der Waals surface area contributed by atoms with E-state index in [9.17, 15) is 0 Å². The maximum Gasteiger partial charge on any atom is 0.0433 e. The van der Waals surface area contributed by atoms with Gasteiger partial charge in [0.15, 0.2) is 0 Å². The van der Waals surface area contributed by atoms with Crippen LogP contribution in [0.3, 0.4) is 0 Å². The van der Waals surface area contributed by atoms with Crippen LogP contribution in [0.15, 0.2) is 18.2 Å². The lowest BCUT2D eigenvalue weighted by atomic mass is 9.96. The highest BCUT2D eigenvalue weighted by Crippen LogP contribution is 2.32. The first-order valence-corrected chi connectivity index (χ1v) is 7.60. The summed E-state index contributed by atoms with van der Waals surface area (Å²) in [6.45, 7) is 13.7. The number of anilines is 1. The van der Waals surface area contributed by atoms with Crippen LogP contribution in [0, 0.1) is 6.92 Å². The van der Waals surface area contributed by atoms with Crippen LogP contribution in [0.1, 0.15) is 51.2 Å². The Labute approximate surface area is 118 Å². The van der Waals surface area contributed by atoms with E-state index in [-0.39, 0.29) is 0 Å². The average molecular weight is 260 g/mol. The van der Waals surface area contributed by atoms with Crippen LogP contribution in [-0.4, -0.2) is 25.2 Å². The fourth-order valence-electron chi connectivity index (χ4n) is 3.01. The molecule has 0 radical (unpaired) electrons. The molecule has 1 N–H and O–H groups in total. The molecule has 1 saturated heterocycles. The van der Waals surface area contributed by atoms with Crippen LogP contribution in [-0.2, 0) is 0 Å². The third kappa shape index (κ3) is 3.11. The Morgan fingerprint density at radius 2 is 2.00 bits per heavy atom. The maximum atomic E-state index is 3.62. The van der Waals surface area contributed by atoms with E-state index in [1.807, 2.05) is 0 Å².